The van der Waals surface area contributed by atoms with E-state index in [-0.39, 0.29) is 0 Å². The highest BCUT2D eigenvalue weighted by atomic mass is 35.5. The van der Waals surface area contributed by atoms with Crippen LogP contribution in [0.2, 0.25) is 4.34 Å². The molecule has 0 saturated carbocycles. The highest BCUT2D eigenvalue weighted by molar-refractivity contribution is 7.16. The molecule has 2 heterocycles. The number of nitrogens with zero attached hydrogens (tertiary/aromatic N) is 3. The first-order chi connectivity index (χ1) is 11.7. The van der Waals surface area contributed by atoms with Crippen molar-refractivity contribution in [1.29, 1.82) is 0 Å². The van der Waals surface area contributed by atoms with E-state index >= 15 is 0 Å². The van der Waals surface area contributed by atoms with E-state index in [1.165, 1.54) is 4.88 Å². The fraction of sp³-hybridized carbons (Fsp3) is 0.294. The number of aromatic nitrogens is 2. The lowest BCUT2D eigenvalue weighted by Gasteiger charge is -2.16. The van der Waals surface area contributed by atoms with Crippen LogP contribution in [-0.2, 0) is 13.1 Å². The number of para-hydroxylation sites is 1. The average molecular weight is 364 g/mol. The molecule has 3 aromatic rings. The van der Waals surface area contributed by atoms with Crippen molar-refractivity contribution in [2.24, 2.45) is 0 Å². The van der Waals surface area contributed by atoms with Crippen LogP contribution in [0, 0.1) is 0 Å². The van der Waals surface area contributed by atoms with Crippen molar-refractivity contribution in [3.05, 3.63) is 51.5 Å². The molecule has 0 bridgehead atoms. The summed E-state index contributed by atoms with van der Waals surface area (Å²) < 4.78 is 11.6. The van der Waals surface area contributed by atoms with E-state index < -0.39 is 0 Å². The van der Waals surface area contributed by atoms with Crippen molar-refractivity contribution in [3.63, 3.8) is 0 Å². The van der Waals surface area contributed by atoms with Gasteiger partial charge in [0.15, 0.2) is 0 Å². The molecule has 7 heteroatoms. The van der Waals surface area contributed by atoms with Gasteiger partial charge in [0, 0.05) is 11.4 Å². The third-order valence-electron chi connectivity index (χ3n) is 3.63. The quantitative estimate of drug-likeness (QED) is 0.619. The van der Waals surface area contributed by atoms with Crippen LogP contribution in [0.1, 0.15) is 17.7 Å². The summed E-state index contributed by atoms with van der Waals surface area (Å²) in [6, 6.07) is 11.6. The third-order valence-corrected chi connectivity index (χ3v) is 4.85. The van der Waals surface area contributed by atoms with E-state index in [0.29, 0.717) is 18.3 Å². The van der Waals surface area contributed by atoms with Crippen molar-refractivity contribution >= 4 is 22.9 Å². The zero-order valence-corrected chi connectivity index (χ0v) is 15.1. The monoisotopic (exact) mass is 363 g/mol. The number of rotatable bonds is 7. The van der Waals surface area contributed by atoms with Gasteiger partial charge in [0.25, 0.3) is 0 Å². The lowest BCUT2D eigenvalue weighted by Crippen LogP contribution is -2.21. The molecule has 0 aliphatic rings. The summed E-state index contributed by atoms with van der Waals surface area (Å²) >= 11 is 7.58. The van der Waals surface area contributed by atoms with Gasteiger partial charge in [-0.05, 0) is 30.8 Å². The molecule has 0 fully saturated rings. The molecule has 126 valence electrons. The Bertz CT molecular complexity index is 802. The second-order valence-electron chi connectivity index (χ2n) is 5.22. The highest BCUT2D eigenvalue weighted by Crippen LogP contribution is 2.27. The molecule has 24 heavy (non-hydrogen) atoms. The van der Waals surface area contributed by atoms with E-state index in [1.54, 1.807) is 18.4 Å². The summed E-state index contributed by atoms with van der Waals surface area (Å²) in [6.45, 7) is 4.38. The minimum Gasteiger partial charge on any atom is -0.496 e. The van der Waals surface area contributed by atoms with Crippen LogP contribution in [0.3, 0.4) is 0 Å². The zero-order chi connectivity index (χ0) is 16.9. The fourth-order valence-electron chi connectivity index (χ4n) is 2.39. The molecule has 0 N–H and O–H groups in total. The van der Waals surface area contributed by atoms with Crippen molar-refractivity contribution < 1.29 is 9.26 Å². The standard InChI is InChI=1S/C17H18ClN3O2S/c1-3-21(10-12-8-9-15(18)24-12)11-16-19-17(20-23-16)13-6-4-5-7-14(13)22-2/h4-9H,3,10-11H2,1-2H3. The maximum absolute atomic E-state index is 5.99. The van der Waals surface area contributed by atoms with Crippen LogP contribution in [0.25, 0.3) is 11.4 Å². The molecule has 3 rings (SSSR count). The van der Waals surface area contributed by atoms with Crippen LogP contribution in [-0.4, -0.2) is 28.7 Å². The van der Waals surface area contributed by atoms with Gasteiger partial charge in [-0.15, -0.1) is 11.3 Å². The van der Waals surface area contributed by atoms with Gasteiger partial charge in [0.2, 0.25) is 11.7 Å². The SMILES string of the molecule is CCN(Cc1nc(-c2ccccc2OC)no1)Cc1ccc(Cl)s1. The van der Waals surface area contributed by atoms with Gasteiger partial charge < -0.3 is 9.26 Å². The molecule has 5 nitrogen and oxygen atoms in total. The van der Waals surface area contributed by atoms with Gasteiger partial charge in [-0.1, -0.05) is 35.8 Å². The van der Waals surface area contributed by atoms with Crippen LogP contribution >= 0.6 is 22.9 Å². The Hall–Kier alpha value is -1.89. The molecule has 0 aliphatic carbocycles. The first-order valence-electron chi connectivity index (χ1n) is 7.62. The number of methoxy groups -OCH3 is 1. The predicted octanol–water partition coefficient (Wildman–Crippen LogP) is 4.48. The first-order valence-corrected chi connectivity index (χ1v) is 8.81. The number of halogens is 1. The number of ether oxygens (including phenoxy) is 1. The molecule has 0 amide bonds. The second kappa shape index (κ2) is 7.79. The Kier molecular flexibility index (Phi) is 5.50. The summed E-state index contributed by atoms with van der Waals surface area (Å²) in [7, 11) is 1.63. The van der Waals surface area contributed by atoms with E-state index in [9.17, 15) is 0 Å². The normalized spacial score (nSPS) is 11.2. The third kappa shape index (κ3) is 3.95. The molecule has 0 atom stereocenters. The summed E-state index contributed by atoms with van der Waals surface area (Å²) in [5.41, 5.74) is 0.822. The largest absolute Gasteiger partial charge is 0.496 e. The Morgan fingerprint density at radius 3 is 2.75 bits per heavy atom. The van der Waals surface area contributed by atoms with Crippen molar-refractivity contribution in [2.75, 3.05) is 13.7 Å². The Morgan fingerprint density at radius 2 is 2.04 bits per heavy atom. The number of hydrogen-bond acceptors (Lipinski definition) is 6. The Labute approximate surface area is 149 Å². The van der Waals surface area contributed by atoms with E-state index in [4.69, 9.17) is 20.9 Å². The molecular weight excluding hydrogens is 346 g/mol. The summed E-state index contributed by atoms with van der Waals surface area (Å²) in [5, 5.41) is 4.08. The minimum atomic E-state index is 0.540. The van der Waals surface area contributed by atoms with E-state index in [2.05, 4.69) is 22.0 Å². The van der Waals surface area contributed by atoms with Crippen LogP contribution in [0.4, 0.5) is 0 Å². The molecule has 0 saturated heterocycles. The zero-order valence-electron chi connectivity index (χ0n) is 13.5. The van der Waals surface area contributed by atoms with Gasteiger partial charge in [0.05, 0.1) is 23.6 Å². The lowest BCUT2D eigenvalue weighted by atomic mass is 10.2. The first kappa shape index (κ1) is 17.0. The number of hydrogen-bond donors (Lipinski definition) is 0. The van der Waals surface area contributed by atoms with Crippen LogP contribution in [0.15, 0.2) is 40.9 Å². The summed E-state index contributed by atoms with van der Waals surface area (Å²) in [6.07, 6.45) is 0. The van der Waals surface area contributed by atoms with Crippen molar-refractivity contribution in [1.82, 2.24) is 15.0 Å². The molecule has 0 unspecified atom stereocenters. The Balaban J connectivity index is 1.72. The topological polar surface area (TPSA) is 51.4 Å². The maximum atomic E-state index is 5.99. The number of benzene rings is 1. The van der Waals surface area contributed by atoms with Crippen molar-refractivity contribution in [2.45, 2.75) is 20.0 Å². The molecule has 1 aromatic carbocycles. The lowest BCUT2D eigenvalue weighted by molar-refractivity contribution is 0.230. The van der Waals surface area contributed by atoms with Gasteiger partial charge in [-0.3, -0.25) is 4.90 Å². The fourth-order valence-corrected chi connectivity index (χ4v) is 3.52. The summed E-state index contributed by atoms with van der Waals surface area (Å²) in [4.78, 5) is 7.94. The predicted molar refractivity (Wildman–Crippen MR) is 95.4 cm³/mol. The molecule has 2 aromatic heterocycles. The van der Waals surface area contributed by atoms with E-state index in [1.807, 2.05) is 36.4 Å². The van der Waals surface area contributed by atoms with Gasteiger partial charge in [0.1, 0.15) is 5.75 Å². The minimum absolute atomic E-state index is 0.540. The Morgan fingerprint density at radius 1 is 1.21 bits per heavy atom. The molecule has 0 spiro atoms. The van der Waals surface area contributed by atoms with Gasteiger partial charge in [-0.25, -0.2) is 0 Å². The molecule has 0 radical (unpaired) electrons. The highest BCUT2D eigenvalue weighted by Gasteiger charge is 2.15. The average Bonchev–Trinajstić information content (AvgIpc) is 3.23. The summed E-state index contributed by atoms with van der Waals surface area (Å²) in [5.74, 6) is 1.85. The smallest absolute Gasteiger partial charge is 0.241 e. The molecule has 0 aliphatic heterocycles. The molecular formula is C17H18ClN3O2S. The van der Waals surface area contributed by atoms with Gasteiger partial charge >= 0.3 is 0 Å². The maximum Gasteiger partial charge on any atom is 0.241 e. The van der Waals surface area contributed by atoms with Crippen LogP contribution < -0.4 is 4.74 Å². The van der Waals surface area contributed by atoms with E-state index in [0.717, 1.165) is 28.7 Å². The van der Waals surface area contributed by atoms with Crippen molar-refractivity contribution in [3.8, 4) is 17.1 Å². The second-order valence-corrected chi connectivity index (χ2v) is 7.02. The van der Waals surface area contributed by atoms with Crippen LogP contribution in [0.5, 0.6) is 5.75 Å². The van der Waals surface area contributed by atoms with Gasteiger partial charge in [-0.2, -0.15) is 4.98 Å². The number of thiophene rings is 1.